The third kappa shape index (κ3) is 2.74. The summed E-state index contributed by atoms with van der Waals surface area (Å²) < 4.78 is 1.81. The van der Waals surface area contributed by atoms with Crippen molar-refractivity contribution in [3.05, 3.63) is 47.9 Å². The van der Waals surface area contributed by atoms with E-state index in [1.165, 1.54) is 31.3 Å². The number of carbonyl (C=O) groups is 1. The summed E-state index contributed by atoms with van der Waals surface area (Å²) in [5.41, 5.74) is 2.92. The number of nitrogens with zero attached hydrogens (tertiary/aromatic N) is 2. The van der Waals surface area contributed by atoms with Crippen LogP contribution in [0.15, 0.2) is 42.2 Å². The molecule has 0 saturated heterocycles. The van der Waals surface area contributed by atoms with Crippen molar-refractivity contribution in [3.63, 3.8) is 0 Å². The van der Waals surface area contributed by atoms with Crippen LogP contribution in [0.4, 0.5) is 0 Å². The highest BCUT2D eigenvalue weighted by Gasteiger charge is 2.10. The number of fused-ring (bicyclic) bond motifs is 1. The quantitative estimate of drug-likeness (QED) is 0.867. The molecule has 0 radical (unpaired) electrons. The third-order valence-electron chi connectivity index (χ3n) is 3.78. The number of nitrogens with one attached hydrogen (secondary N) is 1. The average molecular weight is 269 g/mol. The molecular weight excluding hydrogens is 250 g/mol. The molecule has 3 rings (SSSR count). The average Bonchev–Trinajstić information content (AvgIpc) is 2.96. The van der Waals surface area contributed by atoms with Crippen LogP contribution >= 0.6 is 0 Å². The second-order valence-corrected chi connectivity index (χ2v) is 5.18. The topological polar surface area (TPSA) is 46.4 Å². The molecule has 0 saturated carbocycles. The molecule has 20 heavy (non-hydrogen) atoms. The van der Waals surface area contributed by atoms with Gasteiger partial charge in [-0.3, -0.25) is 9.20 Å². The minimum Gasteiger partial charge on any atom is -0.350 e. The molecule has 1 amide bonds. The van der Waals surface area contributed by atoms with Crippen molar-refractivity contribution in [2.45, 2.75) is 32.1 Å². The summed E-state index contributed by atoms with van der Waals surface area (Å²) in [5, 5.41) is 3.00. The number of rotatable bonds is 4. The molecular formula is C16H19N3O. The molecule has 2 aromatic heterocycles. The van der Waals surface area contributed by atoms with Crippen LogP contribution in [-0.2, 0) is 0 Å². The van der Waals surface area contributed by atoms with Gasteiger partial charge in [0.1, 0.15) is 11.3 Å². The minimum atomic E-state index is -0.0370. The maximum absolute atomic E-state index is 12.2. The zero-order chi connectivity index (χ0) is 13.8. The summed E-state index contributed by atoms with van der Waals surface area (Å²) in [7, 11) is 0. The van der Waals surface area contributed by atoms with Gasteiger partial charge in [0, 0.05) is 18.9 Å². The Balaban J connectivity index is 1.61. The van der Waals surface area contributed by atoms with E-state index >= 15 is 0 Å². The Morgan fingerprint density at radius 2 is 2.30 bits per heavy atom. The van der Waals surface area contributed by atoms with Crippen molar-refractivity contribution in [1.29, 1.82) is 0 Å². The number of hydrogen-bond acceptors (Lipinski definition) is 2. The van der Waals surface area contributed by atoms with Gasteiger partial charge in [0.15, 0.2) is 0 Å². The standard InChI is InChI=1S/C16H19N3O/c20-16(18-10-9-13-5-2-1-3-6-13)14-7-4-8-15-17-11-12-19(14)15/h4-5,7-8,11-12H,1-3,6,9-10H2,(H,18,20). The fourth-order valence-electron chi connectivity index (χ4n) is 2.69. The van der Waals surface area contributed by atoms with Crippen molar-refractivity contribution >= 4 is 11.6 Å². The number of imidazole rings is 1. The van der Waals surface area contributed by atoms with Gasteiger partial charge in [0.25, 0.3) is 5.91 Å². The summed E-state index contributed by atoms with van der Waals surface area (Å²) in [6.07, 6.45) is 11.8. The van der Waals surface area contributed by atoms with E-state index in [0.717, 1.165) is 12.1 Å². The molecule has 104 valence electrons. The maximum Gasteiger partial charge on any atom is 0.268 e. The minimum absolute atomic E-state index is 0.0370. The maximum atomic E-state index is 12.2. The summed E-state index contributed by atoms with van der Waals surface area (Å²) in [6, 6.07) is 5.58. The van der Waals surface area contributed by atoms with E-state index in [1.54, 1.807) is 6.20 Å². The van der Waals surface area contributed by atoms with Crippen molar-refractivity contribution < 1.29 is 4.79 Å². The zero-order valence-electron chi connectivity index (χ0n) is 11.5. The lowest BCUT2D eigenvalue weighted by Gasteiger charge is -2.13. The van der Waals surface area contributed by atoms with Crippen molar-refractivity contribution in [2.75, 3.05) is 6.54 Å². The molecule has 1 aliphatic rings. The summed E-state index contributed by atoms with van der Waals surface area (Å²) in [4.78, 5) is 16.4. The van der Waals surface area contributed by atoms with E-state index < -0.39 is 0 Å². The SMILES string of the molecule is O=C(NCCC1=CCCCC1)c1cccc2nccn12. The first-order valence-corrected chi connectivity index (χ1v) is 7.23. The van der Waals surface area contributed by atoms with E-state index in [1.807, 2.05) is 28.8 Å². The van der Waals surface area contributed by atoms with E-state index in [4.69, 9.17) is 0 Å². The molecule has 0 aliphatic heterocycles. The van der Waals surface area contributed by atoms with Crippen molar-refractivity contribution in [3.8, 4) is 0 Å². The normalized spacial score (nSPS) is 15.1. The van der Waals surface area contributed by atoms with Gasteiger partial charge < -0.3 is 5.32 Å². The Morgan fingerprint density at radius 1 is 1.35 bits per heavy atom. The number of amides is 1. The smallest absolute Gasteiger partial charge is 0.268 e. The van der Waals surface area contributed by atoms with Gasteiger partial charge in [0.2, 0.25) is 0 Å². The monoisotopic (exact) mass is 269 g/mol. The fourth-order valence-corrected chi connectivity index (χ4v) is 2.69. The highest BCUT2D eigenvalue weighted by molar-refractivity contribution is 5.93. The van der Waals surface area contributed by atoms with Gasteiger partial charge >= 0.3 is 0 Å². The molecule has 1 N–H and O–H groups in total. The van der Waals surface area contributed by atoms with E-state index in [2.05, 4.69) is 16.4 Å². The first kappa shape index (κ1) is 12.9. The van der Waals surface area contributed by atoms with Crippen LogP contribution in [0, 0.1) is 0 Å². The molecule has 0 bridgehead atoms. The number of carbonyl (C=O) groups excluding carboxylic acids is 1. The summed E-state index contributed by atoms with van der Waals surface area (Å²) in [5.74, 6) is -0.0370. The van der Waals surface area contributed by atoms with Gasteiger partial charge in [-0.05, 0) is 44.2 Å². The zero-order valence-corrected chi connectivity index (χ0v) is 11.5. The highest BCUT2D eigenvalue weighted by Crippen LogP contribution is 2.19. The van der Waals surface area contributed by atoms with Gasteiger partial charge in [-0.1, -0.05) is 17.7 Å². The highest BCUT2D eigenvalue weighted by atomic mass is 16.1. The summed E-state index contributed by atoms with van der Waals surface area (Å²) in [6.45, 7) is 0.704. The van der Waals surface area contributed by atoms with Crippen LogP contribution in [0.25, 0.3) is 5.65 Å². The van der Waals surface area contributed by atoms with E-state index in [0.29, 0.717) is 12.2 Å². The molecule has 2 aromatic rings. The first-order chi connectivity index (χ1) is 9.84. The molecule has 0 atom stereocenters. The lowest BCUT2D eigenvalue weighted by Crippen LogP contribution is -2.26. The van der Waals surface area contributed by atoms with Crippen LogP contribution in [0.5, 0.6) is 0 Å². The Labute approximate surface area is 118 Å². The van der Waals surface area contributed by atoms with Gasteiger partial charge in [0.05, 0.1) is 0 Å². The molecule has 2 heterocycles. The predicted molar refractivity (Wildman–Crippen MR) is 78.7 cm³/mol. The molecule has 4 nitrogen and oxygen atoms in total. The second kappa shape index (κ2) is 5.90. The third-order valence-corrected chi connectivity index (χ3v) is 3.78. The largest absolute Gasteiger partial charge is 0.350 e. The summed E-state index contributed by atoms with van der Waals surface area (Å²) >= 11 is 0. The van der Waals surface area contributed by atoms with Crippen molar-refractivity contribution in [1.82, 2.24) is 14.7 Å². The van der Waals surface area contributed by atoms with Crippen LogP contribution in [0.3, 0.4) is 0 Å². The first-order valence-electron chi connectivity index (χ1n) is 7.23. The Hall–Kier alpha value is -2.10. The number of allylic oxidation sites excluding steroid dienone is 1. The Kier molecular flexibility index (Phi) is 3.81. The van der Waals surface area contributed by atoms with Gasteiger partial charge in [-0.15, -0.1) is 0 Å². The van der Waals surface area contributed by atoms with E-state index in [9.17, 15) is 4.79 Å². The number of hydrogen-bond donors (Lipinski definition) is 1. The molecule has 0 unspecified atom stereocenters. The van der Waals surface area contributed by atoms with Crippen LogP contribution in [0.2, 0.25) is 0 Å². The van der Waals surface area contributed by atoms with Crippen LogP contribution in [-0.4, -0.2) is 21.8 Å². The number of aromatic nitrogens is 2. The lowest BCUT2D eigenvalue weighted by molar-refractivity contribution is 0.0948. The van der Waals surface area contributed by atoms with Crippen LogP contribution < -0.4 is 5.32 Å². The fraction of sp³-hybridized carbons (Fsp3) is 0.375. The van der Waals surface area contributed by atoms with Crippen LogP contribution in [0.1, 0.15) is 42.6 Å². The molecule has 0 spiro atoms. The van der Waals surface area contributed by atoms with Crippen molar-refractivity contribution in [2.24, 2.45) is 0 Å². The van der Waals surface area contributed by atoms with Gasteiger partial charge in [-0.2, -0.15) is 0 Å². The second-order valence-electron chi connectivity index (χ2n) is 5.18. The molecule has 0 aromatic carbocycles. The van der Waals surface area contributed by atoms with E-state index in [-0.39, 0.29) is 5.91 Å². The molecule has 1 aliphatic carbocycles. The molecule has 4 heteroatoms. The number of pyridine rings is 1. The molecule has 0 fully saturated rings. The lowest BCUT2D eigenvalue weighted by atomic mass is 9.97. The Bertz CT molecular complexity index is 642. The predicted octanol–water partition coefficient (Wildman–Crippen LogP) is 2.95. The Morgan fingerprint density at radius 3 is 3.15 bits per heavy atom. The van der Waals surface area contributed by atoms with Gasteiger partial charge in [-0.25, -0.2) is 4.98 Å².